The van der Waals surface area contributed by atoms with Gasteiger partial charge in [-0.25, -0.2) is 4.98 Å². The van der Waals surface area contributed by atoms with Crippen molar-refractivity contribution in [1.82, 2.24) is 4.98 Å². The summed E-state index contributed by atoms with van der Waals surface area (Å²) < 4.78 is 0. The van der Waals surface area contributed by atoms with Crippen molar-refractivity contribution in [2.24, 2.45) is 0 Å². The van der Waals surface area contributed by atoms with Gasteiger partial charge in [0, 0.05) is 17.5 Å². The van der Waals surface area contributed by atoms with Crippen LogP contribution >= 0.6 is 11.3 Å². The number of thiazole rings is 1. The van der Waals surface area contributed by atoms with Crippen LogP contribution in [0.5, 0.6) is 0 Å². The maximum atomic E-state index is 4.42. The molecule has 3 rings (SSSR count). The van der Waals surface area contributed by atoms with E-state index in [1.807, 2.05) is 6.20 Å². The van der Waals surface area contributed by atoms with Crippen molar-refractivity contribution in [3.05, 3.63) is 58.1 Å². The summed E-state index contributed by atoms with van der Waals surface area (Å²) in [5.74, 6) is 0.464. The van der Waals surface area contributed by atoms with Crippen molar-refractivity contribution in [2.75, 3.05) is 0 Å². The average molecular weight is 213 g/mol. The normalized spacial score (nSPS) is 18.8. The Morgan fingerprint density at radius 3 is 3.07 bits per heavy atom. The number of nitrogens with zero attached hydrogens (tertiary/aromatic N) is 1. The molecule has 0 N–H and O–H groups in total. The van der Waals surface area contributed by atoms with Gasteiger partial charge >= 0.3 is 0 Å². The summed E-state index contributed by atoms with van der Waals surface area (Å²) >= 11 is 1.75. The summed E-state index contributed by atoms with van der Waals surface area (Å²) in [6.07, 6.45) is 7.42. The molecular weight excluding hydrogens is 202 g/mol. The smallest absolute Gasteiger partial charge is 0.100 e. The highest BCUT2D eigenvalue weighted by atomic mass is 32.1. The third kappa shape index (κ3) is 1.51. The molecule has 2 heteroatoms. The molecule has 0 fully saturated rings. The van der Waals surface area contributed by atoms with Crippen LogP contribution in [0.4, 0.5) is 0 Å². The van der Waals surface area contributed by atoms with E-state index in [1.54, 1.807) is 11.3 Å². The van der Waals surface area contributed by atoms with Gasteiger partial charge in [0.15, 0.2) is 0 Å². The Hall–Kier alpha value is -1.41. The molecule has 15 heavy (non-hydrogen) atoms. The number of rotatable bonds is 1. The third-order valence-corrected chi connectivity index (χ3v) is 3.68. The summed E-state index contributed by atoms with van der Waals surface area (Å²) in [5.41, 5.74) is 2.75. The summed E-state index contributed by atoms with van der Waals surface area (Å²) in [7, 11) is 0. The number of aromatic nitrogens is 1. The van der Waals surface area contributed by atoms with E-state index in [0.717, 1.165) is 6.42 Å². The summed E-state index contributed by atoms with van der Waals surface area (Å²) in [6.45, 7) is 0. The highest BCUT2D eigenvalue weighted by Crippen LogP contribution is 2.35. The third-order valence-electron chi connectivity index (χ3n) is 2.79. The first-order valence-electron chi connectivity index (χ1n) is 5.10. The van der Waals surface area contributed by atoms with Crippen LogP contribution in [0.25, 0.3) is 6.08 Å². The monoisotopic (exact) mass is 213 g/mol. The molecule has 1 nitrogen and oxygen atoms in total. The molecule has 2 aromatic rings. The molecule has 0 aliphatic heterocycles. The van der Waals surface area contributed by atoms with Crippen molar-refractivity contribution in [2.45, 2.75) is 12.3 Å². The van der Waals surface area contributed by atoms with Crippen LogP contribution in [0, 0.1) is 0 Å². The van der Waals surface area contributed by atoms with E-state index in [0.29, 0.717) is 5.92 Å². The van der Waals surface area contributed by atoms with Crippen LogP contribution in [-0.2, 0) is 0 Å². The first-order chi connectivity index (χ1) is 7.45. The molecule has 0 saturated heterocycles. The zero-order valence-corrected chi connectivity index (χ0v) is 9.08. The summed E-state index contributed by atoms with van der Waals surface area (Å²) in [4.78, 5) is 4.42. The number of hydrogen-bond acceptors (Lipinski definition) is 2. The summed E-state index contributed by atoms with van der Waals surface area (Å²) in [5, 5.41) is 3.28. The molecular formula is C13H11NS. The fraction of sp³-hybridized carbons (Fsp3) is 0.154. The Bertz CT molecular complexity index is 485. The Kier molecular flexibility index (Phi) is 2.14. The van der Waals surface area contributed by atoms with Crippen molar-refractivity contribution in [1.29, 1.82) is 0 Å². The quantitative estimate of drug-likeness (QED) is 0.704. The van der Waals surface area contributed by atoms with Gasteiger partial charge in [-0.3, -0.25) is 0 Å². The van der Waals surface area contributed by atoms with Crippen molar-refractivity contribution < 1.29 is 0 Å². The highest BCUT2D eigenvalue weighted by molar-refractivity contribution is 7.09. The van der Waals surface area contributed by atoms with Crippen LogP contribution in [0.1, 0.15) is 28.5 Å². The zero-order chi connectivity index (χ0) is 10.1. The van der Waals surface area contributed by atoms with Crippen molar-refractivity contribution in [3.63, 3.8) is 0 Å². The molecule has 1 aromatic carbocycles. The van der Waals surface area contributed by atoms with Gasteiger partial charge in [-0.15, -0.1) is 11.3 Å². The lowest BCUT2D eigenvalue weighted by Crippen LogP contribution is -2.04. The molecule has 74 valence electrons. The lowest BCUT2D eigenvalue weighted by atomic mass is 9.88. The molecule has 1 aromatic heterocycles. The van der Waals surface area contributed by atoms with Gasteiger partial charge in [0.1, 0.15) is 5.01 Å². The highest BCUT2D eigenvalue weighted by Gasteiger charge is 2.19. The average Bonchev–Trinajstić information content (AvgIpc) is 2.82. The maximum absolute atomic E-state index is 4.42. The second-order valence-electron chi connectivity index (χ2n) is 3.69. The van der Waals surface area contributed by atoms with Crippen LogP contribution in [0.2, 0.25) is 0 Å². The summed E-state index contributed by atoms with van der Waals surface area (Å²) in [6, 6.07) is 8.59. The van der Waals surface area contributed by atoms with Gasteiger partial charge in [-0.05, 0) is 17.5 Å². The van der Waals surface area contributed by atoms with E-state index in [1.165, 1.54) is 16.1 Å². The van der Waals surface area contributed by atoms with E-state index >= 15 is 0 Å². The Morgan fingerprint density at radius 2 is 2.20 bits per heavy atom. The standard InChI is InChI=1S/C13H11NS/c1-2-6-11-10(4-1)5-3-7-12(11)13-14-8-9-15-13/h1-6,8-9,12H,7H2. The number of hydrogen-bond donors (Lipinski definition) is 0. The lowest BCUT2D eigenvalue weighted by Gasteiger charge is -2.19. The van der Waals surface area contributed by atoms with E-state index < -0.39 is 0 Å². The van der Waals surface area contributed by atoms with E-state index in [9.17, 15) is 0 Å². The van der Waals surface area contributed by atoms with Crippen LogP contribution in [-0.4, -0.2) is 4.98 Å². The number of fused-ring (bicyclic) bond motifs is 1. The zero-order valence-electron chi connectivity index (χ0n) is 8.26. The maximum Gasteiger partial charge on any atom is 0.100 e. The molecule has 1 aliphatic carbocycles. The van der Waals surface area contributed by atoms with Crippen molar-refractivity contribution >= 4 is 17.4 Å². The predicted molar refractivity (Wildman–Crippen MR) is 64.1 cm³/mol. The van der Waals surface area contributed by atoms with Gasteiger partial charge in [0.2, 0.25) is 0 Å². The van der Waals surface area contributed by atoms with Crippen LogP contribution in [0.15, 0.2) is 41.9 Å². The fourth-order valence-electron chi connectivity index (χ4n) is 2.08. The molecule has 0 spiro atoms. The van der Waals surface area contributed by atoms with Crippen LogP contribution < -0.4 is 0 Å². The van der Waals surface area contributed by atoms with Crippen LogP contribution in [0.3, 0.4) is 0 Å². The Labute approximate surface area is 93.1 Å². The minimum absolute atomic E-state index is 0.464. The van der Waals surface area contributed by atoms with Gasteiger partial charge in [0.05, 0.1) is 0 Å². The minimum Gasteiger partial charge on any atom is -0.249 e. The lowest BCUT2D eigenvalue weighted by molar-refractivity contribution is 0.809. The number of allylic oxidation sites excluding steroid dienone is 1. The first kappa shape index (κ1) is 8.86. The van der Waals surface area contributed by atoms with E-state index in [4.69, 9.17) is 0 Å². The van der Waals surface area contributed by atoms with Gasteiger partial charge in [0.25, 0.3) is 0 Å². The molecule has 1 aliphatic rings. The van der Waals surface area contributed by atoms with Gasteiger partial charge in [-0.1, -0.05) is 36.4 Å². The molecule has 0 saturated carbocycles. The fourth-order valence-corrected chi connectivity index (χ4v) is 2.85. The molecule has 1 unspecified atom stereocenters. The number of benzene rings is 1. The SMILES string of the molecule is C1=Cc2ccccc2C(c2nccs2)C1. The van der Waals surface area contributed by atoms with Crippen molar-refractivity contribution in [3.8, 4) is 0 Å². The second-order valence-corrected chi connectivity index (χ2v) is 4.62. The second kappa shape index (κ2) is 3.63. The topological polar surface area (TPSA) is 12.9 Å². The van der Waals surface area contributed by atoms with E-state index in [2.05, 4.69) is 46.8 Å². The minimum atomic E-state index is 0.464. The predicted octanol–water partition coefficient (Wildman–Crippen LogP) is 3.69. The Morgan fingerprint density at radius 1 is 1.27 bits per heavy atom. The van der Waals surface area contributed by atoms with Gasteiger partial charge < -0.3 is 0 Å². The molecule has 0 amide bonds. The first-order valence-corrected chi connectivity index (χ1v) is 5.98. The molecule has 0 radical (unpaired) electrons. The molecule has 0 bridgehead atoms. The van der Waals surface area contributed by atoms with E-state index in [-0.39, 0.29) is 0 Å². The largest absolute Gasteiger partial charge is 0.249 e. The molecule has 1 heterocycles. The Balaban J connectivity index is 2.10. The molecule has 1 atom stereocenters. The van der Waals surface area contributed by atoms with Gasteiger partial charge in [-0.2, -0.15) is 0 Å².